The van der Waals surface area contributed by atoms with Crippen molar-refractivity contribution in [3.8, 4) is 16.9 Å². The van der Waals surface area contributed by atoms with Gasteiger partial charge in [0.1, 0.15) is 28.4 Å². The largest absolute Gasteiger partial charge is 0.508 e. The molecule has 1 fully saturated rings. The number of phenolic OH excluding ortho intramolecular Hbond substituents is 1. The fourth-order valence-corrected chi connectivity index (χ4v) is 6.67. The van der Waals surface area contributed by atoms with Gasteiger partial charge in [-0.25, -0.2) is 4.79 Å². The summed E-state index contributed by atoms with van der Waals surface area (Å²) in [5, 5.41) is 47.7. The maximum absolute atomic E-state index is 14.0. The number of ether oxygens (including phenoxy) is 1. The molecule has 0 saturated heterocycles. The zero-order valence-corrected chi connectivity index (χ0v) is 25.0. The molecule has 44 heavy (non-hydrogen) atoms. The summed E-state index contributed by atoms with van der Waals surface area (Å²) in [6, 6.07) is 8.71. The molecule has 0 spiro atoms. The second-order valence-electron chi connectivity index (χ2n) is 12.7. The molecule has 0 heterocycles. The van der Waals surface area contributed by atoms with E-state index in [1.54, 1.807) is 65.2 Å². The van der Waals surface area contributed by atoms with Gasteiger partial charge < -0.3 is 30.9 Å². The molecular formula is C32H35N3O9. The summed E-state index contributed by atoms with van der Waals surface area (Å²) in [5.41, 5.74) is 3.26. The molecule has 2 aromatic carbocycles. The minimum atomic E-state index is -2.70. The number of ketones is 2. The highest BCUT2D eigenvalue weighted by atomic mass is 16.6. The van der Waals surface area contributed by atoms with E-state index < -0.39 is 69.7 Å². The number of Topliss-reactive ketones (excluding diaryl/α,β-unsaturated/α-hetero) is 2. The average molecular weight is 606 g/mol. The molecule has 232 valence electrons. The van der Waals surface area contributed by atoms with Gasteiger partial charge in [0.2, 0.25) is 5.78 Å². The second-order valence-corrected chi connectivity index (χ2v) is 12.7. The third-order valence-corrected chi connectivity index (χ3v) is 8.45. The Kier molecular flexibility index (Phi) is 7.34. The number of nitrogens with two attached hydrogens (primary N) is 1. The summed E-state index contributed by atoms with van der Waals surface area (Å²) < 4.78 is 5.29. The number of nitrogens with one attached hydrogen (secondary N) is 1. The monoisotopic (exact) mass is 605 g/mol. The van der Waals surface area contributed by atoms with E-state index in [1.165, 1.54) is 11.0 Å². The number of aromatic hydroxyl groups is 1. The van der Waals surface area contributed by atoms with Crippen molar-refractivity contribution in [2.75, 3.05) is 19.4 Å². The Balaban J connectivity index is 1.58. The first-order valence-electron chi connectivity index (χ1n) is 14.1. The topological polar surface area (TPSA) is 200 Å². The molecule has 2 amide bonds. The second kappa shape index (κ2) is 10.5. The number of rotatable bonds is 4. The van der Waals surface area contributed by atoms with Gasteiger partial charge in [0.05, 0.1) is 11.6 Å². The molecule has 12 heteroatoms. The Morgan fingerprint density at radius 2 is 1.68 bits per heavy atom. The summed E-state index contributed by atoms with van der Waals surface area (Å²) >= 11 is 0. The fraction of sp³-hybridized carbons (Fsp3) is 0.375. The maximum Gasteiger partial charge on any atom is 0.412 e. The van der Waals surface area contributed by atoms with Gasteiger partial charge in [0.15, 0.2) is 11.4 Å². The van der Waals surface area contributed by atoms with Crippen LogP contribution in [-0.4, -0.2) is 80.2 Å². The maximum atomic E-state index is 14.0. The van der Waals surface area contributed by atoms with E-state index in [4.69, 9.17) is 10.5 Å². The number of carbonyl (C=O) groups is 4. The van der Waals surface area contributed by atoms with Crippen LogP contribution in [0.1, 0.15) is 38.3 Å². The number of likely N-dealkylation sites (N-methyl/N-ethyl adjacent to an activating group) is 1. The first-order valence-corrected chi connectivity index (χ1v) is 14.1. The Bertz CT molecular complexity index is 1670. The molecule has 5 rings (SSSR count). The van der Waals surface area contributed by atoms with Gasteiger partial charge in [-0.1, -0.05) is 18.2 Å². The van der Waals surface area contributed by atoms with Gasteiger partial charge in [-0.15, -0.1) is 0 Å². The van der Waals surface area contributed by atoms with Crippen LogP contribution in [0.4, 0.5) is 10.5 Å². The van der Waals surface area contributed by atoms with Crippen LogP contribution >= 0.6 is 0 Å². The van der Waals surface area contributed by atoms with Gasteiger partial charge in [0, 0.05) is 17.2 Å². The van der Waals surface area contributed by atoms with Crippen LogP contribution < -0.4 is 11.1 Å². The number of amides is 2. The zero-order chi connectivity index (χ0) is 32.5. The lowest BCUT2D eigenvalue weighted by molar-refractivity contribution is -0.153. The lowest BCUT2D eigenvalue weighted by Crippen LogP contribution is -2.65. The number of hydrogen-bond donors (Lipinski definition) is 6. The number of nitrogens with zero attached hydrogens (tertiary/aromatic N) is 1. The number of fused-ring (bicyclic) bond motifs is 3. The minimum absolute atomic E-state index is 0.00486. The van der Waals surface area contributed by atoms with Gasteiger partial charge >= 0.3 is 6.09 Å². The quantitative estimate of drug-likeness (QED) is 0.282. The summed E-state index contributed by atoms with van der Waals surface area (Å²) in [7, 11) is 3.09. The number of anilines is 1. The number of aliphatic hydroxyl groups is 3. The molecule has 0 bridgehead atoms. The van der Waals surface area contributed by atoms with Crippen LogP contribution in [-0.2, 0) is 25.5 Å². The Morgan fingerprint density at radius 3 is 2.25 bits per heavy atom. The zero-order valence-electron chi connectivity index (χ0n) is 25.0. The molecule has 12 nitrogen and oxygen atoms in total. The van der Waals surface area contributed by atoms with Crippen molar-refractivity contribution in [3.05, 3.63) is 64.4 Å². The van der Waals surface area contributed by atoms with Crippen LogP contribution in [0.5, 0.6) is 5.75 Å². The predicted molar refractivity (Wildman–Crippen MR) is 160 cm³/mol. The van der Waals surface area contributed by atoms with Gasteiger partial charge in [-0.3, -0.25) is 24.6 Å². The number of carbonyl (C=O) groups excluding carboxylic acids is 4. The lowest BCUT2D eigenvalue weighted by Gasteiger charge is -2.50. The van der Waals surface area contributed by atoms with Gasteiger partial charge in [-0.2, -0.15) is 0 Å². The van der Waals surface area contributed by atoms with E-state index in [-0.39, 0.29) is 29.7 Å². The molecule has 0 aliphatic heterocycles. The van der Waals surface area contributed by atoms with E-state index in [0.29, 0.717) is 22.4 Å². The fourth-order valence-electron chi connectivity index (χ4n) is 6.67. The first kappa shape index (κ1) is 30.8. The number of aliphatic hydroxyl groups excluding tert-OH is 2. The number of benzene rings is 2. The molecule has 0 radical (unpaired) electrons. The average Bonchev–Trinajstić information content (AvgIpc) is 2.90. The molecule has 3 aliphatic rings. The van der Waals surface area contributed by atoms with Crippen molar-refractivity contribution >= 4 is 35.0 Å². The summed E-state index contributed by atoms with van der Waals surface area (Å²) in [4.78, 5) is 53.1. The van der Waals surface area contributed by atoms with E-state index in [2.05, 4.69) is 5.32 Å². The summed E-state index contributed by atoms with van der Waals surface area (Å²) in [5.74, 6) is -7.04. The van der Waals surface area contributed by atoms with Crippen LogP contribution in [0.2, 0.25) is 0 Å². The number of hydrogen-bond acceptors (Lipinski definition) is 10. The predicted octanol–water partition coefficient (Wildman–Crippen LogP) is 2.98. The highest BCUT2D eigenvalue weighted by molar-refractivity contribution is 6.24. The van der Waals surface area contributed by atoms with Crippen molar-refractivity contribution < 1.29 is 44.3 Å². The Morgan fingerprint density at radius 1 is 1.05 bits per heavy atom. The summed E-state index contributed by atoms with van der Waals surface area (Å²) in [6.45, 7) is 5.26. The molecular weight excluding hydrogens is 570 g/mol. The third kappa shape index (κ3) is 4.80. The smallest absolute Gasteiger partial charge is 0.412 e. The first-order chi connectivity index (χ1) is 20.5. The molecule has 0 aromatic heterocycles. The molecule has 4 atom stereocenters. The lowest BCUT2D eigenvalue weighted by atomic mass is 9.57. The summed E-state index contributed by atoms with van der Waals surface area (Å²) in [6.07, 6.45) is -0.478. The van der Waals surface area contributed by atoms with Crippen molar-refractivity contribution in [1.29, 1.82) is 0 Å². The molecule has 1 saturated carbocycles. The van der Waals surface area contributed by atoms with Crippen molar-refractivity contribution in [1.82, 2.24) is 4.90 Å². The van der Waals surface area contributed by atoms with E-state index in [1.807, 2.05) is 0 Å². The molecule has 7 N–H and O–H groups in total. The van der Waals surface area contributed by atoms with E-state index in [0.717, 1.165) is 0 Å². The van der Waals surface area contributed by atoms with E-state index >= 15 is 0 Å². The van der Waals surface area contributed by atoms with Crippen LogP contribution in [0.3, 0.4) is 0 Å². The third-order valence-electron chi connectivity index (χ3n) is 8.45. The highest BCUT2D eigenvalue weighted by Crippen LogP contribution is 2.53. The van der Waals surface area contributed by atoms with Crippen molar-refractivity contribution in [2.24, 2.45) is 17.6 Å². The van der Waals surface area contributed by atoms with Crippen molar-refractivity contribution in [2.45, 2.75) is 50.9 Å². The highest BCUT2D eigenvalue weighted by Gasteiger charge is 2.64. The Labute approximate surface area is 253 Å². The van der Waals surface area contributed by atoms with Crippen LogP contribution in [0, 0.1) is 11.8 Å². The van der Waals surface area contributed by atoms with Gasteiger partial charge in [-0.05, 0) is 88.5 Å². The number of phenols is 1. The molecule has 0 unspecified atom stereocenters. The Hall–Kier alpha value is -4.68. The molecule has 3 aliphatic carbocycles. The normalized spacial score (nSPS) is 24.9. The standard InChI is InChI=1S/C32H35N3O9/c1-31(2,3)44-30(42)34-16-8-6-14(7-9-16)17-10-11-20(36)22-18(17)12-15-13-19-24(35(4)5)26(38)23(29(33)41)28(40)32(19,43)27(39)21(15)25(22)37/h6-11,15,19,24,36-37,40,43H,12-13H2,1-5H3,(H2,33,41)(H,34,42)/t15-,19-,24-,32-/m1/s1. The van der Waals surface area contributed by atoms with Gasteiger partial charge in [0.25, 0.3) is 5.91 Å². The van der Waals surface area contributed by atoms with Crippen LogP contribution in [0.25, 0.3) is 16.9 Å². The SMILES string of the molecule is CN(C)[C@H]1C(=O)C(C(N)=O)=C(O)[C@]2(O)C(=O)C3=C(O)c4c(O)ccc(-c5ccc(NC(=O)OC(C)(C)C)cc5)c4C[C@@H]3C[C@H]12. The van der Waals surface area contributed by atoms with E-state index in [9.17, 15) is 39.6 Å². The molecule has 2 aromatic rings. The van der Waals surface area contributed by atoms with Crippen LogP contribution in [0.15, 0.2) is 53.3 Å². The minimum Gasteiger partial charge on any atom is -0.508 e. The van der Waals surface area contributed by atoms with Crippen molar-refractivity contribution in [3.63, 3.8) is 0 Å². The number of primary amides is 1.